The lowest BCUT2D eigenvalue weighted by Crippen LogP contribution is -2.46. The van der Waals surface area contributed by atoms with Crippen molar-refractivity contribution in [2.45, 2.75) is 25.7 Å². The molecule has 1 atom stereocenters. The monoisotopic (exact) mass is 393 g/mol. The molecule has 0 radical (unpaired) electrons. The summed E-state index contributed by atoms with van der Waals surface area (Å²) in [4.78, 5) is 27.5. The Hall–Kier alpha value is -3.80. The van der Waals surface area contributed by atoms with Gasteiger partial charge in [-0.15, -0.1) is 5.10 Å². The Morgan fingerprint density at radius 3 is 2.86 bits per heavy atom. The van der Waals surface area contributed by atoms with Crippen LogP contribution in [0.25, 0.3) is 0 Å². The van der Waals surface area contributed by atoms with Gasteiger partial charge in [0.2, 0.25) is 17.7 Å². The van der Waals surface area contributed by atoms with Crippen molar-refractivity contribution in [3.63, 3.8) is 0 Å². The van der Waals surface area contributed by atoms with Gasteiger partial charge in [-0.05, 0) is 19.9 Å². The number of esters is 1. The summed E-state index contributed by atoms with van der Waals surface area (Å²) in [5.41, 5.74) is 6.43. The molecule has 9 heteroatoms. The van der Waals surface area contributed by atoms with Crippen LogP contribution in [0.3, 0.4) is 0 Å². The van der Waals surface area contributed by atoms with E-state index in [2.05, 4.69) is 16.3 Å². The lowest BCUT2D eigenvalue weighted by Gasteiger charge is -2.32. The summed E-state index contributed by atoms with van der Waals surface area (Å²) in [6.45, 7) is 4.18. The van der Waals surface area contributed by atoms with Crippen molar-refractivity contribution in [1.82, 2.24) is 10.2 Å². The molecule has 3 N–H and O–H groups in total. The molecule has 2 aliphatic rings. The third kappa shape index (κ3) is 2.35. The van der Waals surface area contributed by atoms with Gasteiger partial charge in [-0.3, -0.25) is 14.7 Å². The lowest BCUT2D eigenvalue weighted by molar-refractivity contribution is -0.142. The normalized spacial score (nSPS) is 19.6. The van der Waals surface area contributed by atoms with Crippen LogP contribution in [-0.2, 0) is 26.2 Å². The minimum Gasteiger partial charge on any atom is -0.466 e. The molecular formula is C20H19N5O4. The molecule has 9 nitrogen and oxygen atoms in total. The second-order valence-electron chi connectivity index (χ2n) is 6.63. The van der Waals surface area contributed by atoms with Gasteiger partial charge in [0.25, 0.3) is 0 Å². The number of nitriles is 1. The molecule has 0 fully saturated rings. The number of para-hydroxylation sites is 1. The number of nitrogens with two attached hydrogens (primary N) is 1. The van der Waals surface area contributed by atoms with E-state index in [1.807, 2.05) is 19.1 Å². The van der Waals surface area contributed by atoms with Gasteiger partial charge in [0.05, 0.1) is 24.3 Å². The summed E-state index contributed by atoms with van der Waals surface area (Å²) in [5.74, 6) is -0.935. The number of H-pyrrole nitrogens is 1. The largest absolute Gasteiger partial charge is 0.466 e. The van der Waals surface area contributed by atoms with Crippen molar-refractivity contribution in [3.05, 3.63) is 52.5 Å². The predicted molar refractivity (Wildman–Crippen MR) is 102 cm³/mol. The highest BCUT2D eigenvalue weighted by Gasteiger charge is 2.60. The van der Waals surface area contributed by atoms with Crippen molar-refractivity contribution in [2.75, 3.05) is 18.1 Å². The van der Waals surface area contributed by atoms with Gasteiger partial charge >= 0.3 is 5.97 Å². The second-order valence-corrected chi connectivity index (χ2v) is 6.63. The van der Waals surface area contributed by atoms with Crippen molar-refractivity contribution in [1.29, 1.82) is 5.26 Å². The quantitative estimate of drug-likeness (QED) is 0.747. The molecule has 29 heavy (non-hydrogen) atoms. The highest BCUT2D eigenvalue weighted by atomic mass is 16.5. The Morgan fingerprint density at radius 2 is 2.17 bits per heavy atom. The van der Waals surface area contributed by atoms with Gasteiger partial charge in [0.1, 0.15) is 17.1 Å². The number of anilines is 1. The summed E-state index contributed by atoms with van der Waals surface area (Å²) in [5, 5.41) is 16.8. The fraction of sp³-hybridized carbons (Fsp3) is 0.300. The predicted octanol–water partition coefficient (Wildman–Crippen LogP) is 1.25. The van der Waals surface area contributed by atoms with Crippen LogP contribution >= 0.6 is 0 Å². The maximum atomic E-state index is 13.8. The summed E-state index contributed by atoms with van der Waals surface area (Å²) >= 11 is 0. The smallest absolute Gasteiger partial charge is 0.311 e. The van der Waals surface area contributed by atoms with Crippen LogP contribution in [-0.4, -0.2) is 35.2 Å². The fourth-order valence-corrected chi connectivity index (χ4v) is 4.16. The number of nitrogens with one attached hydrogen (secondary N) is 1. The molecule has 0 unspecified atom stereocenters. The number of aromatic amines is 1. The maximum Gasteiger partial charge on any atom is 0.311 e. The van der Waals surface area contributed by atoms with E-state index in [0.29, 0.717) is 29.1 Å². The fourth-order valence-electron chi connectivity index (χ4n) is 4.16. The number of carbonyl (C=O) groups is 2. The van der Waals surface area contributed by atoms with Gasteiger partial charge in [-0.1, -0.05) is 18.2 Å². The highest BCUT2D eigenvalue weighted by Crippen LogP contribution is 2.55. The average Bonchev–Trinajstić information content (AvgIpc) is 3.20. The van der Waals surface area contributed by atoms with Crippen LogP contribution in [0.15, 0.2) is 35.7 Å². The van der Waals surface area contributed by atoms with Gasteiger partial charge in [-0.2, -0.15) is 5.26 Å². The molecule has 2 aromatic rings. The van der Waals surface area contributed by atoms with Gasteiger partial charge in [0, 0.05) is 17.8 Å². The molecule has 1 spiro atoms. The van der Waals surface area contributed by atoms with Crippen LogP contribution in [0, 0.1) is 11.3 Å². The third-order valence-electron chi connectivity index (χ3n) is 5.23. The third-order valence-corrected chi connectivity index (χ3v) is 5.23. The Morgan fingerprint density at radius 1 is 1.41 bits per heavy atom. The Balaban J connectivity index is 2.03. The van der Waals surface area contributed by atoms with Crippen LogP contribution in [0.1, 0.15) is 30.7 Å². The Bertz CT molecular complexity index is 1100. The Kier molecular flexibility index (Phi) is 4.27. The maximum absolute atomic E-state index is 13.8. The molecule has 3 heterocycles. The molecule has 1 aromatic heterocycles. The van der Waals surface area contributed by atoms with Crippen LogP contribution in [0.5, 0.6) is 5.88 Å². The van der Waals surface area contributed by atoms with Crippen molar-refractivity contribution in [3.8, 4) is 11.9 Å². The topological polar surface area (TPSA) is 134 Å². The summed E-state index contributed by atoms with van der Waals surface area (Å²) in [7, 11) is 0. The molecule has 0 aliphatic carbocycles. The number of amides is 1. The lowest BCUT2D eigenvalue weighted by atomic mass is 9.69. The number of rotatable bonds is 4. The zero-order valence-corrected chi connectivity index (χ0v) is 16.0. The average molecular weight is 393 g/mol. The van der Waals surface area contributed by atoms with E-state index in [4.69, 9.17) is 15.2 Å². The van der Waals surface area contributed by atoms with Crippen molar-refractivity contribution >= 4 is 17.6 Å². The molecule has 4 rings (SSSR count). The van der Waals surface area contributed by atoms with Crippen molar-refractivity contribution < 1.29 is 19.1 Å². The van der Waals surface area contributed by atoms with Crippen LogP contribution in [0.4, 0.5) is 5.69 Å². The van der Waals surface area contributed by atoms with E-state index < -0.39 is 11.4 Å². The van der Waals surface area contributed by atoms with E-state index in [0.717, 1.165) is 0 Å². The SMILES string of the molecule is CCOC(=O)Cc1[nH]nc2c1[C@]1(C(=O)N(CC)c3ccccc31)C(C#N)=C(N)O2. The Labute approximate surface area is 166 Å². The van der Waals surface area contributed by atoms with Gasteiger partial charge in [0.15, 0.2) is 0 Å². The van der Waals surface area contributed by atoms with Gasteiger partial charge < -0.3 is 20.1 Å². The molecule has 2 aliphatic heterocycles. The zero-order valence-electron chi connectivity index (χ0n) is 16.0. The number of nitrogens with zero attached hydrogens (tertiary/aromatic N) is 3. The van der Waals surface area contributed by atoms with Crippen LogP contribution in [0.2, 0.25) is 0 Å². The number of likely N-dealkylation sites (N-methyl/N-ethyl adjacent to an activating group) is 1. The first kappa shape index (κ1) is 18.6. The molecule has 1 aromatic carbocycles. The number of hydrogen-bond acceptors (Lipinski definition) is 7. The highest BCUT2D eigenvalue weighted by molar-refractivity contribution is 6.14. The summed E-state index contributed by atoms with van der Waals surface area (Å²) in [6.07, 6.45) is -0.151. The number of fused-ring (bicyclic) bond motifs is 4. The minimum atomic E-state index is -1.53. The number of benzene rings is 1. The van der Waals surface area contributed by atoms with Crippen molar-refractivity contribution in [2.24, 2.45) is 5.73 Å². The van der Waals surface area contributed by atoms with E-state index in [9.17, 15) is 14.9 Å². The van der Waals surface area contributed by atoms with E-state index in [1.165, 1.54) is 0 Å². The standard InChI is InChI=1S/C20H19N5O4/c1-3-25-14-8-6-5-7-11(14)20(19(25)27)12(10-21)17(22)29-18-16(20)13(23-24-18)9-15(26)28-4-2/h5-8H,3-4,9,22H2,1-2H3,(H,23,24)/t20-/m1/s1. The summed E-state index contributed by atoms with van der Waals surface area (Å²) < 4.78 is 10.6. The number of aromatic nitrogens is 2. The molecule has 0 saturated heterocycles. The van der Waals surface area contributed by atoms with E-state index in [-0.39, 0.29) is 36.3 Å². The zero-order chi connectivity index (χ0) is 20.8. The first-order valence-corrected chi connectivity index (χ1v) is 9.23. The summed E-state index contributed by atoms with van der Waals surface area (Å²) in [6, 6.07) is 9.27. The first-order valence-electron chi connectivity index (χ1n) is 9.23. The van der Waals surface area contributed by atoms with Gasteiger partial charge in [-0.25, -0.2) is 0 Å². The number of carbonyl (C=O) groups excluding carboxylic acids is 2. The minimum absolute atomic E-state index is 0.0232. The molecule has 0 saturated carbocycles. The first-order chi connectivity index (χ1) is 14.0. The molecule has 0 bridgehead atoms. The van der Waals surface area contributed by atoms with E-state index in [1.54, 1.807) is 24.0 Å². The second kappa shape index (κ2) is 6.67. The number of hydrogen-bond donors (Lipinski definition) is 2. The number of ether oxygens (including phenoxy) is 2. The molecule has 148 valence electrons. The molecular weight excluding hydrogens is 374 g/mol. The van der Waals surface area contributed by atoms with Crippen LogP contribution < -0.4 is 15.4 Å². The molecule has 1 amide bonds. The van der Waals surface area contributed by atoms with E-state index >= 15 is 0 Å².